The van der Waals surface area contributed by atoms with E-state index >= 15 is 0 Å². The van der Waals surface area contributed by atoms with E-state index in [2.05, 4.69) is 15.3 Å². The van der Waals surface area contributed by atoms with Crippen LogP contribution >= 0.6 is 0 Å². The highest BCUT2D eigenvalue weighted by Gasteiger charge is 2.30. The van der Waals surface area contributed by atoms with Crippen LogP contribution < -0.4 is 25.2 Å². The maximum absolute atomic E-state index is 13.4. The summed E-state index contributed by atoms with van der Waals surface area (Å²) < 4.78 is 10.6. The van der Waals surface area contributed by atoms with Crippen molar-refractivity contribution in [3.8, 4) is 11.5 Å². The maximum Gasteiger partial charge on any atom is 0.258 e. The second kappa shape index (κ2) is 10.1. The zero-order chi connectivity index (χ0) is 25.1. The fourth-order valence-electron chi connectivity index (χ4n) is 4.32. The van der Waals surface area contributed by atoms with Gasteiger partial charge in [-0.3, -0.25) is 19.3 Å². The summed E-state index contributed by atoms with van der Waals surface area (Å²) in [5, 5.41) is 3.26. The summed E-state index contributed by atoms with van der Waals surface area (Å²) in [6.07, 6.45) is 0.206. The van der Waals surface area contributed by atoms with Gasteiger partial charge >= 0.3 is 0 Å². The number of H-pyrrole nitrogens is 1. The molecule has 0 saturated carbocycles. The first-order valence-electron chi connectivity index (χ1n) is 11.4. The largest absolute Gasteiger partial charge is 0.493 e. The van der Waals surface area contributed by atoms with Crippen molar-refractivity contribution in [2.24, 2.45) is 0 Å². The normalized spacial score (nSPS) is 15.5. The molecule has 10 nitrogen and oxygen atoms in total. The molecule has 2 amide bonds. The Morgan fingerprint density at radius 1 is 1.17 bits per heavy atom. The van der Waals surface area contributed by atoms with Crippen LogP contribution in [0.3, 0.4) is 0 Å². The van der Waals surface area contributed by atoms with E-state index in [1.165, 1.54) is 14.2 Å². The lowest BCUT2D eigenvalue weighted by Crippen LogP contribution is -2.45. The monoisotopic (exact) mass is 479 g/mol. The summed E-state index contributed by atoms with van der Waals surface area (Å²) in [5.41, 5.74) is 1.46. The Balaban J connectivity index is 1.59. The summed E-state index contributed by atoms with van der Waals surface area (Å²) in [6.45, 7) is 4.71. The summed E-state index contributed by atoms with van der Waals surface area (Å²) in [4.78, 5) is 49.4. The van der Waals surface area contributed by atoms with Gasteiger partial charge in [0, 0.05) is 18.5 Å². The third-order valence-corrected chi connectivity index (χ3v) is 6.07. The zero-order valence-electron chi connectivity index (χ0n) is 20.3. The number of methoxy groups -OCH3 is 2. The van der Waals surface area contributed by atoms with Crippen molar-refractivity contribution < 1.29 is 19.1 Å². The molecule has 1 atom stereocenters. The minimum atomic E-state index is -0.300. The van der Waals surface area contributed by atoms with Crippen LogP contribution in [0.25, 0.3) is 10.9 Å². The quantitative estimate of drug-likeness (QED) is 0.535. The molecule has 0 unspecified atom stereocenters. The number of ether oxygens (including phenoxy) is 2. The molecule has 10 heteroatoms. The van der Waals surface area contributed by atoms with Gasteiger partial charge in [0.2, 0.25) is 11.8 Å². The highest BCUT2D eigenvalue weighted by molar-refractivity contribution is 6.04. The third-order valence-electron chi connectivity index (χ3n) is 6.07. The fraction of sp³-hybridized carbons (Fsp3) is 0.360. The predicted molar refractivity (Wildman–Crippen MR) is 133 cm³/mol. The fourth-order valence-corrected chi connectivity index (χ4v) is 4.32. The van der Waals surface area contributed by atoms with E-state index in [9.17, 15) is 14.4 Å². The summed E-state index contributed by atoms with van der Waals surface area (Å²) in [5.74, 6) is 1.09. The first-order valence-corrected chi connectivity index (χ1v) is 11.4. The number of hydrogen-bond acceptors (Lipinski definition) is 7. The van der Waals surface area contributed by atoms with Crippen LogP contribution in [-0.2, 0) is 16.1 Å². The number of carbonyl (C=O) groups excluding carboxylic acids is 2. The molecule has 2 N–H and O–H groups in total. The molecule has 0 radical (unpaired) electrons. The van der Waals surface area contributed by atoms with Crippen LogP contribution in [0.2, 0.25) is 0 Å². The van der Waals surface area contributed by atoms with Gasteiger partial charge in [-0.1, -0.05) is 19.1 Å². The Hall–Kier alpha value is -3.92. The van der Waals surface area contributed by atoms with Gasteiger partial charge < -0.3 is 24.7 Å². The van der Waals surface area contributed by atoms with Gasteiger partial charge in [0.25, 0.3) is 5.56 Å². The standard InChI is InChI=1S/C25H29N5O5/c1-5-29(13-22-26-18-12-21(35-4)20(34-3)11-16(18)25(33)28-22)14-24(32)30-15(2)10-23(31)27-17-8-6-7-9-19(17)30/h6-9,11-12,15H,5,10,13-14H2,1-4H3,(H,27,31)(H,26,28,33)/t15-/m1/s1. The molecule has 1 aliphatic rings. The van der Waals surface area contributed by atoms with Crippen molar-refractivity contribution in [3.63, 3.8) is 0 Å². The Bertz CT molecular complexity index is 1320. The van der Waals surface area contributed by atoms with E-state index in [0.29, 0.717) is 46.1 Å². The molecule has 35 heavy (non-hydrogen) atoms. The number of nitrogens with zero attached hydrogens (tertiary/aromatic N) is 3. The lowest BCUT2D eigenvalue weighted by Gasteiger charge is -2.30. The third kappa shape index (κ3) is 4.97. The van der Waals surface area contributed by atoms with Gasteiger partial charge in [-0.2, -0.15) is 0 Å². The molecule has 0 spiro atoms. The molecular formula is C25H29N5O5. The van der Waals surface area contributed by atoms with Gasteiger partial charge in [-0.05, 0) is 31.7 Å². The number of amides is 2. The zero-order valence-corrected chi connectivity index (χ0v) is 20.3. The molecule has 4 rings (SSSR count). The highest BCUT2D eigenvalue weighted by Crippen LogP contribution is 2.32. The van der Waals surface area contributed by atoms with Crippen molar-refractivity contribution in [1.29, 1.82) is 0 Å². The van der Waals surface area contributed by atoms with Crippen LogP contribution in [0.5, 0.6) is 11.5 Å². The Labute approximate surface area is 202 Å². The minimum Gasteiger partial charge on any atom is -0.493 e. The average molecular weight is 480 g/mol. The molecule has 0 bridgehead atoms. The smallest absolute Gasteiger partial charge is 0.258 e. The number of nitrogens with one attached hydrogen (secondary N) is 2. The van der Waals surface area contributed by atoms with E-state index in [1.807, 2.05) is 36.9 Å². The van der Waals surface area contributed by atoms with Crippen molar-refractivity contribution in [1.82, 2.24) is 14.9 Å². The number of carbonyl (C=O) groups is 2. The second-order valence-corrected chi connectivity index (χ2v) is 8.42. The van der Waals surface area contributed by atoms with E-state index in [0.717, 1.165) is 0 Å². The molecule has 0 fully saturated rings. The maximum atomic E-state index is 13.4. The van der Waals surface area contributed by atoms with Crippen LogP contribution in [0.4, 0.5) is 11.4 Å². The summed E-state index contributed by atoms with van der Waals surface area (Å²) in [7, 11) is 3.03. The number of para-hydroxylation sites is 2. The molecule has 3 aromatic rings. The number of likely N-dealkylation sites (N-methyl/N-ethyl adjacent to an activating group) is 1. The van der Waals surface area contributed by atoms with E-state index in [-0.39, 0.29) is 42.9 Å². The van der Waals surface area contributed by atoms with Crippen LogP contribution in [0.15, 0.2) is 41.2 Å². The topological polar surface area (TPSA) is 117 Å². The molecule has 2 aromatic carbocycles. The number of rotatable bonds is 7. The van der Waals surface area contributed by atoms with Crippen molar-refractivity contribution in [2.75, 3.05) is 37.5 Å². The van der Waals surface area contributed by atoms with Gasteiger partial charge in [-0.25, -0.2) is 4.98 Å². The minimum absolute atomic E-state index is 0.0943. The van der Waals surface area contributed by atoms with Crippen LogP contribution in [0.1, 0.15) is 26.1 Å². The second-order valence-electron chi connectivity index (χ2n) is 8.42. The molecule has 184 valence electrons. The van der Waals surface area contributed by atoms with E-state index in [4.69, 9.17) is 9.47 Å². The lowest BCUT2D eigenvalue weighted by atomic mass is 10.1. The van der Waals surface area contributed by atoms with Crippen molar-refractivity contribution in [2.45, 2.75) is 32.9 Å². The Morgan fingerprint density at radius 2 is 1.89 bits per heavy atom. The molecule has 1 aliphatic heterocycles. The van der Waals surface area contributed by atoms with Crippen molar-refractivity contribution in [3.05, 3.63) is 52.6 Å². The van der Waals surface area contributed by atoms with Crippen LogP contribution in [-0.4, -0.2) is 60.0 Å². The Kier molecular flexibility index (Phi) is 7.02. The first-order chi connectivity index (χ1) is 16.8. The average Bonchev–Trinajstić information content (AvgIpc) is 2.96. The number of anilines is 2. The number of aromatic nitrogens is 2. The number of hydrogen-bond donors (Lipinski definition) is 2. The number of benzene rings is 2. The highest BCUT2D eigenvalue weighted by atomic mass is 16.5. The SMILES string of the molecule is CCN(CC(=O)N1c2ccccc2NC(=O)C[C@H]1C)Cc1nc2cc(OC)c(OC)cc2c(=O)[nH]1. The molecule has 0 saturated heterocycles. The van der Waals surface area contributed by atoms with Gasteiger partial charge in [0.1, 0.15) is 5.82 Å². The van der Waals surface area contributed by atoms with Gasteiger partial charge in [0.05, 0.1) is 49.6 Å². The van der Waals surface area contributed by atoms with E-state index < -0.39 is 0 Å². The molecule has 1 aromatic heterocycles. The molecule has 2 heterocycles. The summed E-state index contributed by atoms with van der Waals surface area (Å²) >= 11 is 0. The van der Waals surface area contributed by atoms with E-state index in [1.54, 1.807) is 23.1 Å². The van der Waals surface area contributed by atoms with Crippen LogP contribution in [0, 0.1) is 0 Å². The molecular weight excluding hydrogens is 450 g/mol. The number of fused-ring (bicyclic) bond motifs is 2. The summed E-state index contributed by atoms with van der Waals surface area (Å²) in [6, 6.07) is 10.2. The van der Waals surface area contributed by atoms with Crippen molar-refractivity contribution >= 4 is 34.1 Å². The predicted octanol–water partition coefficient (Wildman–Crippen LogP) is 2.53. The van der Waals surface area contributed by atoms with Gasteiger partial charge in [0.15, 0.2) is 11.5 Å². The van der Waals surface area contributed by atoms with Gasteiger partial charge in [-0.15, -0.1) is 0 Å². The number of aromatic amines is 1. The lowest BCUT2D eigenvalue weighted by molar-refractivity contribution is -0.120. The first kappa shape index (κ1) is 24.2. The Morgan fingerprint density at radius 3 is 2.60 bits per heavy atom. The molecule has 0 aliphatic carbocycles.